The van der Waals surface area contributed by atoms with E-state index in [-0.39, 0.29) is 11.3 Å². The highest BCUT2D eigenvalue weighted by molar-refractivity contribution is 6.72. The predicted molar refractivity (Wildman–Crippen MR) is 88.5 cm³/mol. The lowest BCUT2D eigenvalue weighted by Gasteiger charge is -2.22. The van der Waals surface area contributed by atoms with Gasteiger partial charge in [0, 0.05) is 5.56 Å². The predicted octanol–water partition coefficient (Wildman–Crippen LogP) is 3.44. The Morgan fingerprint density at radius 2 is 1.74 bits per heavy atom. The average molecular weight is 397 g/mol. The number of carbonyl (C=O) groups excluding carboxylic acids is 3. The smallest absolute Gasteiger partial charge is 0.318 e. The Labute approximate surface area is 154 Å². The highest BCUT2D eigenvalue weighted by Gasteiger charge is 2.43. The molecule has 0 fully saturated rings. The van der Waals surface area contributed by atoms with Crippen LogP contribution >= 0.6 is 11.6 Å². The summed E-state index contributed by atoms with van der Waals surface area (Å²) >= 11 is 5.65. The Morgan fingerprint density at radius 3 is 2.37 bits per heavy atom. The summed E-state index contributed by atoms with van der Waals surface area (Å²) in [5, 5.41) is 4.57. The maximum atomic E-state index is 13.4. The first-order chi connectivity index (χ1) is 12.7. The number of alkyl halides is 3. The molecule has 2 aromatic rings. The number of nitrogens with zero attached hydrogens (tertiary/aromatic N) is 1. The van der Waals surface area contributed by atoms with Crippen LogP contribution in [0.1, 0.15) is 21.5 Å². The van der Waals surface area contributed by atoms with E-state index in [9.17, 15) is 27.6 Å². The molecule has 10 heteroatoms. The standard InChI is InChI=1S/C17H8ClF3N2O4/c18-9-6-7-10-11(12(9)17(19,20)21)13(14(24)15(25)22-10)23-27-16(26)8-4-2-1-3-5-8/h1-7H,(H,22,25). The molecule has 138 valence electrons. The molecule has 0 unspecified atom stereocenters. The molecule has 1 aliphatic heterocycles. The van der Waals surface area contributed by atoms with Gasteiger partial charge in [-0.05, 0) is 24.3 Å². The molecular formula is C17H8ClF3N2O4. The number of hydrogen-bond acceptors (Lipinski definition) is 5. The van der Waals surface area contributed by atoms with Crippen molar-refractivity contribution in [1.82, 2.24) is 0 Å². The van der Waals surface area contributed by atoms with Crippen molar-refractivity contribution in [3.8, 4) is 0 Å². The molecule has 0 radical (unpaired) electrons. The Morgan fingerprint density at radius 1 is 1.07 bits per heavy atom. The van der Waals surface area contributed by atoms with Crippen LogP contribution in [0.5, 0.6) is 0 Å². The lowest BCUT2D eigenvalue weighted by atomic mass is 9.94. The molecule has 3 rings (SSSR count). The van der Waals surface area contributed by atoms with Gasteiger partial charge in [-0.2, -0.15) is 13.2 Å². The summed E-state index contributed by atoms with van der Waals surface area (Å²) in [6, 6.07) is 9.46. The molecule has 0 atom stereocenters. The lowest BCUT2D eigenvalue weighted by molar-refractivity contribution is -0.137. The van der Waals surface area contributed by atoms with Crippen LogP contribution in [0.25, 0.3) is 0 Å². The number of benzene rings is 2. The number of nitrogens with one attached hydrogen (secondary N) is 1. The first-order valence-electron chi connectivity index (χ1n) is 7.30. The number of Topliss-reactive ketones (excluding diaryl/α,β-unsaturated/α-hetero) is 1. The fourth-order valence-electron chi connectivity index (χ4n) is 2.41. The summed E-state index contributed by atoms with van der Waals surface area (Å²) in [4.78, 5) is 40.3. The molecule has 2 aromatic carbocycles. The minimum atomic E-state index is -4.95. The zero-order valence-corrected chi connectivity index (χ0v) is 13.9. The van der Waals surface area contributed by atoms with Gasteiger partial charge >= 0.3 is 12.1 Å². The van der Waals surface area contributed by atoms with Crippen molar-refractivity contribution < 1.29 is 32.4 Å². The Kier molecular flexibility index (Phi) is 4.71. The zero-order chi connectivity index (χ0) is 19.8. The molecule has 6 nitrogen and oxygen atoms in total. The molecule has 1 aliphatic rings. The largest absolute Gasteiger partial charge is 0.418 e. The lowest BCUT2D eigenvalue weighted by Crippen LogP contribution is -2.38. The molecular weight excluding hydrogens is 389 g/mol. The second-order valence-electron chi connectivity index (χ2n) is 5.31. The third-order valence-electron chi connectivity index (χ3n) is 3.57. The number of oxime groups is 1. The van der Waals surface area contributed by atoms with Crippen molar-refractivity contribution in [2.45, 2.75) is 6.18 Å². The maximum Gasteiger partial charge on any atom is 0.418 e. The average Bonchev–Trinajstić information content (AvgIpc) is 2.62. The number of anilines is 1. The van der Waals surface area contributed by atoms with Crippen LogP contribution in [0.3, 0.4) is 0 Å². The number of amides is 1. The van der Waals surface area contributed by atoms with Crippen LogP contribution in [0.2, 0.25) is 5.02 Å². The summed E-state index contributed by atoms with van der Waals surface area (Å²) in [5.41, 5.74) is -3.37. The van der Waals surface area contributed by atoms with Crippen LogP contribution in [-0.2, 0) is 20.6 Å². The molecule has 0 saturated carbocycles. The quantitative estimate of drug-likeness (QED) is 0.479. The molecule has 27 heavy (non-hydrogen) atoms. The van der Waals surface area contributed by atoms with E-state index in [1.54, 1.807) is 6.07 Å². The van der Waals surface area contributed by atoms with E-state index in [4.69, 9.17) is 11.6 Å². The van der Waals surface area contributed by atoms with E-state index in [1.165, 1.54) is 24.3 Å². The normalized spacial score (nSPS) is 15.3. The van der Waals surface area contributed by atoms with Crippen molar-refractivity contribution in [3.05, 3.63) is 64.2 Å². The number of hydrogen-bond donors (Lipinski definition) is 1. The van der Waals surface area contributed by atoms with E-state index in [0.717, 1.165) is 12.1 Å². The number of halogens is 4. The van der Waals surface area contributed by atoms with Crippen molar-refractivity contribution in [1.29, 1.82) is 0 Å². The van der Waals surface area contributed by atoms with E-state index in [2.05, 4.69) is 9.99 Å². The fraction of sp³-hybridized carbons (Fsp3) is 0.0588. The number of carbonyl (C=O) groups is 3. The van der Waals surface area contributed by atoms with E-state index in [0.29, 0.717) is 0 Å². The van der Waals surface area contributed by atoms with Crippen molar-refractivity contribution >= 4 is 40.7 Å². The van der Waals surface area contributed by atoms with Crippen molar-refractivity contribution in [3.63, 3.8) is 0 Å². The van der Waals surface area contributed by atoms with Crippen molar-refractivity contribution in [2.24, 2.45) is 5.16 Å². The number of fused-ring (bicyclic) bond motifs is 1. The van der Waals surface area contributed by atoms with Crippen molar-refractivity contribution in [2.75, 3.05) is 5.32 Å². The highest BCUT2D eigenvalue weighted by atomic mass is 35.5. The van der Waals surface area contributed by atoms with Crippen LogP contribution < -0.4 is 5.32 Å². The molecule has 0 spiro atoms. The summed E-state index contributed by atoms with van der Waals surface area (Å²) < 4.78 is 40.3. The zero-order valence-electron chi connectivity index (χ0n) is 13.1. The Balaban J connectivity index is 2.11. The summed E-state index contributed by atoms with van der Waals surface area (Å²) in [6.45, 7) is 0. The van der Waals surface area contributed by atoms with E-state index < -0.39 is 45.7 Å². The molecule has 1 amide bonds. The summed E-state index contributed by atoms with van der Waals surface area (Å²) in [6.07, 6.45) is -4.95. The van der Waals surface area contributed by atoms with Gasteiger partial charge in [0.25, 0.3) is 11.7 Å². The summed E-state index contributed by atoms with van der Waals surface area (Å²) in [5.74, 6) is -3.62. The third kappa shape index (κ3) is 3.54. The monoisotopic (exact) mass is 396 g/mol. The van der Waals surface area contributed by atoms with Crippen LogP contribution in [0, 0.1) is 0 Å². The highest BCUT2D eigenvalue weighted by Crippen LogP contribution is 2.41. The Bertz CT molecular complexity index is 988. The SMILES string of the molecule is O=C1Nc2ccc(Cl)c(C(F)(F)F)c2C(=NOC(=O)c2ccccc2)C1=O. The van der Waals surface area contributed by atoms with Gasteiger partial charge in [0.05, 0.1) is 21.8 Å². The van der Waals surface area contributed by atoms with Crippen LogP contribution in [0.4, 0.5) is 18.9 Å². The number of rotatable bonds is 2. The van der Waals surface area contributed by atoms with Crippen LogP contribution in [0.15, 0.2) is 47.6 Å². The fourth-order valence-corrected chi connectivity index (χ4v) is 2.67. The molecule has 1 N–H and O–H groups in total. The van der Waals surface area contributed by atoms with Gasteiger partial charge in [0.2, 0.25) is 0 Å². The first kappa shape index (κ1) is 18.6. The Hall–Kier alpha value is -3.20. The second kappa shape index (κ2) is 6.84. The summed E-state index contributed by atoms with van der Waals surface area (Å²) in [7, 11) is 0. The minimum absolute atomic E-state index is 0.0527. The molecule has 0 aromatic heterocycles. The van der Waals surface area contributed by atoms with Crippen LogP contribution in [-0.4, -0.2) is 23.4 Å². The molecule has 0 aliphatic carbocycles. The molecule has 0 saturated heterocycles. The van der Waals surface area contributed by atoms with E-state index in [1.807, 2.05) is 5.32 Å². The van der Waals surface area contributed by atoms with Gasteiger partial charge in [-0.3, -0.25) is 9.59 Å². The second-order valence-corrected chi connectivity index (χ2v) is 5.72. The van der Waals surface area contributed by atoms with E-state index >= 15 is 0 Å². The molecule has 0 bridgehead atoms. The van der Waals surface area contributed by atoms with Gasteiger partial charge in [0.1, 0.15) is 0 Å². The number of ketones is 1. The third-order valence-corrected chi connectivity index (χ3v) is 3.89. The van der Waals surface area contributed by atoms with Gasteiger partial charge in [-0.1, -0.05) is 35.0 Å². The van der Waals surface area contributed by atoms with Gasteiger partial charge in [-0.25, -0.2) is 4.79 Å². The maximum absolute atomic E-state index is 13.4. The van der Waals surface area contributed by atoms with Gasteiger partial charge in [0.15, 0.2) is 5.71 Å². The minimum Gasteiger partial charge on any atom is -0.318 e. The first-order valence-corrected chi connectivity index (χ1v) is 7.68. The molecule has 1 heterocycles. The topological polar surface area (TPSA) is 84.8 Å². The van der Waals surface area contributed by atoms with Gasteiger partial charge in [-0.15, -0.1) is 0 Å². The van der Waals surface area contributed by atoms with Gasteiger partial charge < -0.3 is 10.2 Å².